The summed E-state index contributed by atoms with van der Waals surface area (Å²) >= 11 is 0. The number of fused-ring (bicyclic) bond motifs is 1. The molecule has 3 heterocycles. The number of nitrogens with one attached hydrogen (secondary N) is 2. The summed E-state index contributed by atoms with van der Waals surface area (Å²) < 4.78 is 1.57. The molecule has 0 amide bonds. The molecule has 5 rings (SSSR count). The molecule has 7 heteroatoms. The lowest BCUT2D eigenvalue weighted by Crippen LogP contribution is -2.44. The van der Waals surface area contributed by atoms with Gasteiger partial charge in [0.2, 0.25) is 0 Å². The predicted molar refractivity (Wildman–Crippen MR) is 128 cm³/mol. The van der Waals surface area contributed by atoms with Crippen LogP contribution in [0.1, 0.15) is 11.1 Å². The minimum Gasteiger partial charge on any atom is -0.339 e. The van der Waals surface area contributed by atoms with E-state index in [0.717, 1.165) is 67.0 Å². The van der Waals surface area contributed by atoms with Crippen LogP contribution in [0.5, 0.6) is 0 Å². The van der Waals surface area contributed by atoms with Crippen LogP contribution in [0.3, 0.4) is 0 Å². The van der Waals surface area contributed by atoms with Gasteiger partial charge in [0.05, 0.1) is 5.69 Å². The van der Waals surface area contributed by atoms with Crippen LogP contribution in [-0.2, 0) is 13.0 Å². The van der Waals surface area contributed by atoms with Gasteiger partial charge in [0, 0.05) is 56.5 Å². The quantitative estimate of drug-likeness (QED) is 0.438. The van der Waals surface area contributed by atoms with Crippen LogP contribution in [0.25, 0.3) is 28.0 Å². The molecular weight excluding hydrogens is 400 g/mol. The van der Waals surface area contributed by atoms with E-state index in [1.807, 2.05) is 30.5 Å². The molecule has 7 nitrogen and oxygen atoms in total. The molecule has 2 aromatic carbocycles. The second-order valence-corrected chi connectivity index (χ2v) is 8.29. The number of rotatable bonds is 6. The van der Waals surface area contributed by atoms with Crippen molar-refractivity contribution in [2.75, 3.05) is 32.7 Å². The van der Waals surface area contributed by atoms with Gasteiger partial charge in [-0.1, -0.05) is 30.3 Å². The minimum absolute atomic E-state index is 0.309. The zero-order valence-electron chi connectivity index (χ0n) is 18.1. The van der Waals surface area contributed by atoms with Crippen molar-refractivity contribution in [2.45, 2.75) is 13.0 Å². The summed E-state index contributed by atoms with van der Waals surface area (Å²) in [6.07, 6.45) is 2.87. The van der Waals surface area contributed by atoms with Crippen molar-refractivity contribution < 1.29 is 0 Å². The molecule has 4 aromatic rings. The van der Waals surface area contributed by atoms with Gasteiger partial charge in [0.25, 0.3) is 0 Å². The first-order valence-corrected chi connectivity index (χ1v) is 11.1. The molecule has 2 aromatic heterocycles. The number of aromatic amines is 1. The number of benzene rings is 2. The lowest BCUT2D eigenvalue weighted by Gasteiger charge is -2.27. The largest absolute Gasteiger partial charge is 0.354 e. The molecule has 1 saturated heterocycles. The highest BCUT2D eigenvalue weighted by molar-refractivity contribution is 5.82. The fourth-order valence-corrected chi connectivity index (χ4v) is 4.24. The number of hydrogen-bond acceptors (Lipinski definition) is 5. The number of aromatic nitrogens is 3. The predicted octanol–water partition coefficient (Wildman–Crippen LogP) is 2.29. The van der Waals surface area contributed by atoms with Crippen molar-refractivity contribution in [3.8, 4) is 16.9 Å². The number of piperazine rings is 1. The van der Waals surface area contributed by atoms with Crippen molar-refractivity contribution in [3.63, 3.8) is 0 Å². The van der Waals surface area contributed by atoms with Crippen molar-refractivity contribution in [2.24, 2.45) is 5.73 Å². The van der Waals surface area contributed by atoms with Gasteiger partial charge in [-0.2, -0.15) is 4.98 Å². The first kappa shape index (κ1) is 20.6. The first-order valence-electron chi connectivity index (χ1n) is 11.1. The summed E-state index contributed by atoms with van der Waals surface area (Å²) in [6.45, 7) is 5.91. The normalized spacial score (nSPS) is 14.8. The first-order chi connectivity index (χ1) is 15.7. The van der Waals surface area contributed by atoms with E-state index in [4.69, 9.17) is 5.73 Å². The molecule has 0 aliphatic carbocycles. The van der Waals surface area contributed by atoms with E-state index in [0.29, 0.717) is 12.2 Å². The summed E-state index contributed by atoms with van der Waals surface area (Å²) in [6, 6.07) is 18.3. The van der Waals surface area contributed by atoms with Crippen molar-refractivity contribution in [3.05, 3.63) is 82.4 Å². The van der Waals surface area contributed by atoms with Gasteiger partial charge in [-0.3, -0.25) is 4.57 Å². The molecule has 32 heavy (non-hydrogen) atoms. The topological polar surface area (TPSA) is 92.0 Å². The molecule has 4 N–H and O–H groups in total. The van der Waals surface area contributed by atoms with E-state index in [1.165, 1.54) is 5.56 Å². The van der Waals surface area contributed by atoms with E-state index in [2.05, 4.69) is 50.5 Å². The summed E-state index contributed by atoms with van der Waals surface area (Å²) in [5.41, 5.74) is 11.2. The summed E-state index contributed by atoms with van der Waals surface area (Å²) in [7, 11) is 0. The van der Waals surface area contributed by atoms with E-state index < -0.39 is 0 Å². The highest BCUT2D eigenvalue weighted by atomic mass is 16.1. The fourth-order valence-electron chi connectivity index (χ4n) is 4.24. The van der Waals surface area contributed by atoms with Gasteiger partial charge in [-0.15, -0.1) is 0 Å². The van der Waals surface area contributed by atoms with Crippen molar-refractivity contribution >= 4 is 11.0 Å². The summed E-state index contributed by atoms with van der Waals surface area (Å²) in [4.78, 5) is 22.7. The fraction of sp³-hybridized carbons (Fsp3) is 0.280. The van der Waals surface area contributed by atoms with Crippen LogP contribution < -0.4 is 16.7 Å². The van der Waals surface area contributed by atoms with E-state index in [9.17, 15) is 4.79 Å². The summed E-state index contributed by atoms with van der Waals surface area (Å²) in [5.74, 6) is 0. The third-order valence-electron chi connectivity index (χ3n) is 6.12. The van der Waals surface area contributed by atoms with Crippen LogP contribution in [-0.4, -0.2) is 52.2 Å². The van der Waals surface area contributed by atoms with Gasteiger partial charge in [-0.25, -0.2) is 4.79 Å². The van der Waals surface area contributed by atoms with Crippen LogP contribution in [0.4, 0.5) is 0 Å². The maximum Gasteiger partial charge on any atom is 0.354 e. The average molecular weight is 429 g/mol. The molecular formula is C25H28N6O. The second kappa shape index (κ2) is 9.08. The molecule has 1 aliphatic heterocycles. The SMILES string of the molecule is NCc1ccc(-n2cc3cc(-c4cccc(CCN5CCNCC5)c4)[nH]c3nc2=O)cc1. The molecule has 0 bridgehead atoms. The molecule has 1 aliphatic rings. The lowest BCUT2D eigenvalue weighted by atomic mass is 10.1. The van der Waals surface area contributed by atoms with E-state index in [1.54, 1.807) is 4.57 Å². The number of H-pyrrole nitrogens is 1. The third-order valence-corrected chi connectivity index (χ3v) is 6.12. The van der Waals surface area contributed by atoms with Gasteiger partial charge in [0.1, 0.15) is 5.65 Å². The lowest BCUT2D eigenvalue weighted by molar-refractivity contribution is 0.244. The monoisotopic (exact) mass is 428 g/mol. The Morgan fingerprint density at radius 2 is 1.81 bits per heavy atom. The van der Waals surface area contributed by atoms with Crippen molar-refractivity contribution in [1.82, 2.24) is 24.8 Å². The Morgan fingerprint density at radius 3 is 2.59 bits per heavy atom. The van der Waals surface area contributed by atoms with Crippen LogP contribution >= 0.6 is 0 Å². The highest BCUT2D eigenvalue weighted by Crippen LogP contribution is 2.24. The molecule has 1 fully saturated rings. The standard InChI is InChI=1S/C25H28N6O/c26-16-19-4-6-22(7-5-19)31-17-21-15-23(28-24(21)29-25(31)32)20-3-1-2-18(14-20)8-11-30-12-9-27-10-13-30/h1-7,14-15,17,27H,8-13,16,26H2,(H,28,29,32). The molecule has 164 valence electrons. The Kier molecular flexibility index (Phi) is 5.85. The average Bonchev–Trinajstić information content (AvgIpc) is 3.26. The second-order valence-electron chi connectivity index (χ2n) is 8.29. The Balaban J connectivity index is 1.40. The zero-order chi connectivity index (χ0) is 21.9. The highest BCUT2D eigenvalue weighted by Gasteiger charge is 2.11. The van der Waals surface area contributed by atoms with Gasteiger partial charge in [-0.05, 0) is 47.4 Å². The maximum absolute atomic E-state index is 12.6. The summed E-state index contributed by atoms with van der Waals surface area (Å²) in [5, 5.41) is 4.30. The van der Waals surface area contributed by atoms with E-state index in [-0.39, 0.29) is 5.69 Å². The smallest absolute Gasteiger partial charge is 0.339 e. The minimum atomic E-state index is -0.309. The van der Waals surface area contributed by atoms with E-state index >= 15 is 0 Å². The van der Waals surface area contributed by atoms with Crippen LogP contribution in [0, 0.1) is 0 Å². The Hall–Kier alpha value is -3.26. The Labute approximate surface area is 186 Å². The van der Waals surface area contributed by atoms with Gasteiger partial charge >= 0.3 is 5.69 Å². The number of nitrogens with two attached hydrogens (primary N) is 1. The molecule has 0 spiro atoms. The molecule has 0 unspecified atom stereocenters. The number of nitrogens with zero attached hydrogens (tertiary/aromatic N) is 3. The Morgan fingerprint density at radius 1 is 1.00 bits per heavy atom. The third kappa shape index (κ3) is 4.36. The number of hydrogen-bond donors (Lipinski definition) is 3. The Bertz CT molecular complexity index is 1270. The van der Waals surface area contributed by atoms with Gasteiger partial charge in [0.15, 0.2) is 0 Å². The molecule has 0 saturated carbocycles. The van der Waals surface area contributed by atoms with Crippen molar-refractivity contribution in [1.29, 1.82) is 0 Å². The van der Waals surface area contributed by atoms with Gasteiger partial charge < -0.3 is 20.9 Å². The van der Waals surface area contributed by atoms with Crippen LogP contribution in [0.15, 0.2) is 65.6 Å². The molecule has 0 radical (unpaired) electrons. The maximum atomic E-state index is 12.6. The zero-order valence-corrected chi connectivity index (χ0v) is 18.1. The van der Waals surface area contributed by atoms with Crippen LogP contribution in [0.2, 0.25) is 0 Å². The molecule has 0 atom stereocenters.